The number of fused-ring (bicyclic) bond motifs is 4. The first-order valence-electron chi connectivity index (χ1n) is 10.3. The third-order valence-corrected chi connectivity index (χ3v) is 6.54. The largest absolute Gasteiger partial charge is 0.357 e. The molecule has 1 spiro atoms. The lowest BCUT2D eigenvalue weighted by atomic mass is 9.64. The average molecular weight is 388 g/mol. The SMILES string of the molecule is CNc1ncc2c(n1)-c1ccccc1C1(CCN(Cc3ccccc3F)CC1)C2. The molecule has 2 aliphatic rings. The highest BCUT2D eigenvalue weighted by atomic mass is 19.1. The molecule has 0 amide bonds. The zero-order valence-corrected chi connectivity index (χ0v) is 16.7. The molecule has 29 heavy (non-hydrogen) atoms. The molecule has 1 aliphatic heterocycles. The van der Waals surface area contributed by atoms with Crippen LogP contribution in [0.1, 0.15) is 29.5 Å². The van der Waals surface area contributed by atoms with Crippen LogP contribution < -0.4 is 5.32 Å². The summed E-state index contributed by atoms with van der Waals surface area (Å²) in [7, 11) is 1.85. The average Bonchev–Trinajstić information content (AvgIpc) is 2.77. The molecule has 1 N–H and O–H groups in total. The number of piperidine rings is 1. The van der Waals surface area contributed by atoms with Crippen molar-refractivity contribution in [2.45, 2.75) is 31.2 Å². The van der Waals surface area contributed by atoms with Crippen molar-refractivity contribution in [3.63, 3.8) is 0 Å². The van der Waals surface area contributed by atoms with Gasteiger partial charge in [0.15, 0.2) is 0 Å². The summed E-state index contributed by atoms with van der Waals surface area (Å²) < 4.78 is 14.1. The van der Waals surface area contributed by atoms with Gasteiger partial charge in [-0.05, 0) is 49.5 Å². The fourth-order valence-electron chi connectivity index (χ4n) is 4.95. The Morgan fingerprint density at radius 3 is 2.62 bits per heavy atom. The molecule has 5 rings (SSSR count). The highest BCUT2D eigenvalue weighted by molar-refractivity contribution is 5.72. The quantitative estimate of drug-likeness (QED) is 0.721. The maximum atomic E-state index is 14.1. The second-order valence-corrected chi connectivity index (χ2v) is 8.19. The monoisotopic (exact) mass is 388 g/mol. The first kappa shape index (κ1) is 18.3. The number of anilines is 1. The maximum absolute atomic E-state index is 14.1. The molecule has 1 fully saturated rings. The van der Waals surface area contributed by atoms with Crippen LogP contribution in [0.2, 0.25) is 0 Å². The van der Waals surface area contributed by atoms with Crippen LogP contribution in [0.25, 0.3) is 11.3 Å². The molecule has 0 saturated carbocycles. The van der Waals surface area contributed by atoms with E-state index in [1.165, 1.54) is 16.7 Å². The van der Waals surface area contributed by atoms with Gasteiger partial charge in [0.05, 0.1) is 5.69 Å². The van der Waals surface area contributed by atoms with Crippen molar-refractivity contribution in [2.75, 3.05) is 25.5 Å². The molecule has 1 aromatic heterocycles. The summed E-state index contributed by atoms with van der Waals surface area (Å²) in [6, 6.07) is 15.8. The number of hydrogen-bond acceptors (Lipinski definition) is 4. The van der Waals surface area contributed by atoms with E-state index in [2.05, 4.69) is 39.5 Å². The third kappa shape index (κ3) is 3.19. The van der Waals surface area contributed by atoms with Gasteiger partial charge >= 0.3 is 0 Å². The molecule has 0 atom stereocenters. The van der Waals surface area contributed by atoms with E-state index in [1.54, 1.807) is 12.1 Å². The molecule has 0 unspecified atom stereocenters. The van der Waals surface area contributed by atoms with Gasteiger partial charge in [-0.2, -0.15) is 0 Å². The number of halogens is 1. The van der Waals surface area contributed by atoms with Crippen molar-refractivity contribution < 1.29 is 4.39 Å². The minimum atomic E-state index is -0.109. The van der Waals surface area contributed by atoms with Gasteiger partial charge in [-0.15, -0.1) is 0 Å². The third-order valence-electron chi connectivity index (χ3n) is 6.54. The van der Waals surface area contributed by atoms with Gasteiger partial charge < -0.3 is 5.32 Å². The maximum Gasteiger partial charge on any atom is 0.222 e. The molecule has 148 valence electrons. The molecular formula is C24H25FN4. The van der Waals surface area contributed by atoms with Crippen molar-refractivity contribution in [2.24, 2.45) is 0 Å². The van der Waals surface area contributed by atoms with Crippen molar-refractivity contribution in [1.82, 2.24) is 14.9 Å². The van der Waals surface area contributed by atoms with Gasteiger partial charge in [-0.3, -0.25) is 4.90 Å². The Kier molecular flexibility index (Phi) is 4.55. The van der Waals surface area contributed by atoms with Gasteiger partial charge in [-0.1, -0.05) is 42.5 Å². The highest BCUT2D eigenvalue weighted by Gasteiger charge is 2.41. The van der Waals surface area contributed by atoms with Gasteiger partial charge in [0.1, 0.15) is 5.82 Å². The lowest BCUT2D eigenvalue weighted by Gasteiger charge is -2.45. The molecule has 2 aromatic carbocycles. The number of nitrogens with one attached hydrogen (secondary N) is 1. The number of hydrogen-bond donors (Lipinski definition) is 1. The van der Waals surface area contributed by atoms with Crippen LogP contribution in [0, 0.1) is 5.82 Å². The van der Waals surface area contributed by atoms with E-state index in [-0.39, 0.29) is 11.2 Å². The van der Waals surface area contributed by atoms with Crippen molar-refractivity contribution in [1.29, 1.82) is 0 Å². The smallest absolute Gasteiger partial charge is 0.222 e. The van der Waals surface area contributed by atoms with Gasteiger partial charge in [-0.25, -0.2) is 14.4 Å². The Morgan fingerprint density at radius 1 is 1.07 bits per heavy atom. The van der Waals surface area contributed by atoms with Gasteiger partial charge in [0.2, 0.25) is 5.95 Å². The van der Waals surface area contributed by atoms with Crippen LogP contribution in [-0.4, -0.2) is 35.0 Å². The summed E-state index contributed by atoms with van der Waals surface area (Å²) in [6.45, 7) is 2.61. The van der Waals surface area contributed by atoms with Crippen LogP contribution in [-0.2, 0) is 18.4 Å². The molecule has 1 saturated heterocycles. The van der Waals surface area contributed by atoms with Crippen molar-refractivity contribution >= 4 is 5.95 Å². The topological polar surface area (TPSA) is 41.1 Å². The second-order valence-electron chi connectivity index (χ2n) is 8.19. The molecular weight excluding hydrogens is 363 g/mol. The van der Waals surface area contributed by atoms with Gasteiger partial charge in [0, 0.05) is 36.3 Å². The summed E-state index contributed by atoms with van der Waals surface area (Å²) in [5.74, 6) is 0.552. The fourth-order valence-corrected chi connectivity index (χ4v) is 4.95. The first-order valence-corrected chi connectivity index (χ1v) is 10.3. The normalized spacial score (nSPS) is 17.6. The van der Waals surface area contributed by atoms with Crippen molar-refractivity contribution in [3.05, 3.63) is 77.2 Å². The summed E-state index contributed by atoms with van der Waals surface area (Å²) in [4.78, 5) is 11.6. The molecule has 5 heteroatoms. The number of likely N-dealkylation sites (tertiary alicyclic amines) is 1. The lowest BCUT2D eigenvalue weighted by molar-refractivity contribution is 0.149. The Morgan fingerprint density at radius 2 is 1.83 bits per heavy atom. The first-order chi connectivity index (χ1) is 14.2. The predicted octanol–water partition coefficient (Wildman–Crippen LogP) is 4.41. The molecule has 2 heterocycles. The number of nitrogens with zero attached hydrogens (tertiary/aromatic N) is 3. The summed E-state index contributed by atoms with van der Waals surface area (Å²) in [5.41, 5.74) is 5.81. The van der Waals surface area contributed by atoms with E-state index in [9.17, 15) is 4.39 Å². The Hall–Kier alpha value is -2.79. The van der Waals surface area contributed by atoms with E-state index in [4.69, 9.17) is 4.98 Å². The zero-order valence-electron chi connectivity index (χ0n) is 16.7. The number of aromatic nitrogens is 2. The summed E-state index contributed by atoms with van der Waals surface area (Å²) in [5, 5.41) is 3.05. The van der Waals surface area contributed by atoms with Crippen LogP contribution in [0.4, 0.5) is 10.3 Å². The molecule has 0 bridgehead atoms. The lowest BCUT2D eigenvalue weighted by Crippen LogP contribution is -2.45. The molecule has 0 radical (unpaired) electrons. The minimum Gasteiger partial charge on any atom is -0.357 e. The standard InChI is InChI=1S/C24H25FN4/c1-26-23-27-15-18-14-24(20-8-4-3-7-19(20)22(18)28-23)10-12-29(13-11-24)16-17-6-2-5-9-21(17)25/h2-9,15H,10-14,16H2,1H3,(H,26,27,28). The van der Waals surface area contributed by atoms with E-state index < -0.39 is 0 Å². The molecule has 3 aromatic rings. The second kappa shape index (κ2) is 7.23. The summed E-state index contributed by atoms with van der Waals surface area (Å²) >= 11 is 0. The van der Waals surface area contributed by atoms with Gasteiger partial charge in [0.25, 0.3) is 0 Å². The summed E-state index contributed by atoms with van der Waals surface area (Å²) in [6.07, 6.45) is 5.08. The van der Waals surface area contributed by atoms with E-state index in [0.29, 0.717) is 12.5 Å². The van der Waals surface area contributed by atoms with Crippen LogP contribution in [0.5, 0.6) is 0 Å². The highest BCUT2D eigenvalue weighted by Crippen LogP contribution is 2.48. The van der Waals surface area contributed by atoms with Crippen LogP contribution in [0.3, 0.4) is 0 Å². The number of benzene rings is 2. The Balaban J connectivity index is 1.43. The van der Waals surface area contributed by atoms with Crippen LogP contribution >= 0.6 is 0 Å². The molecule has 4 nitrogen and oxygen atoms in total. The number of rotatable bonds is 3. The van der Waals surface area contributed by atoms with E-state index >= 15 is 0 Å². The van der Waals surface area contributed by atoms with E-state index in [1.807, 2.05) is 25.4 Å². The molecule has 1 aliphatic carbocycles. The fraction of sp³-hybridized carbons (Fsp3) is 0.333. The van der Waals surface area contributed by atoms with E-state index in [0.717, 1.165) is 43.6 Å². The van der Waals surface area contributed by atoms with Crippen LogP contribution in [0.15, 0.2) is 54.7 Å². The Labute approximate surface area is 170 Å². The van der Waals surface area contributed by atoms with Crippen molar-refractivity contribution in [3.8, 4) is 11.3 Å². The predicted molar refractivity (Wildman–Crippen MR) is 113 cm³/mol. The Bertz CT molecular complexity index is 1040. The zero-order chi connectivity index (χ0) is 19.8. The minimum absolute atomic E-state index is 0.109.